The molecule has 0 fully saturated rings. The Kier molecular flexibility index (Phi) is 5.86. The van der Waals surface area contributed by atoms with Gasteiger partial charge in [0, 0.05) is 31.8 Å². The summed E-state index contributed by atoms with van der Waals surface area (Å²) in [7, 11) is 1.64. The smallest absolute Gasteiger partial charge is 0.270 e. The zero-order chi connectivity index (χ0) is 15.1. The summed E-state index contributed by atoms with van der Waals surface area (Å²) in [6.45, 7) is 2.12. The van der Waals surface area contributed by atoms with Crippen molar-refractivity contribution in [1.29, 1.82) is 0 Å². The Hall–Kier alpha value is -2.21. The summed E-state index contributed by atoms with van der Waals surface area (Å²) >= 11 is 0. The topological polar surface area (TPSA) is 83.7 Å². The molecule has 108 valence electrons. The highest BCUT2D eigenvalue weighted by molar-refractivity contribution is 5.91. The number of benzene rings is 1. The van der Waals surface area contributed by atoms with Gasteiger partial charge in [0.25, 0.3) is 5.69 Å². The summed E-state index contributed by atoms with van der Waals surface area (Å²) in [5.41, 5.74) is 0.582. The average Bonchev–Trinajstić information content (AvgIpc) is 2.42. The molecule has 1 unspecified atom stereocenters. The van der Waals surface area contributed by atoms with E-state index in [2.05, 4.69) is 0 Å². The van der Waals surface area contributed by atoms with Crippen molar-refractivity contribution in [3.8, 4) is 0 Å². The molecule has 1 aromatic carbocycles. The van der Waals surface area contributed by atoms with Crippen molar-refractivity contribution in [2.24, 2.45) is 0 Å². The predicted molar refractivity (Wildman–Crippen MR) is 76.1 cm³/mol. The molecule has 6 nitrogen and oxygen atoms in total. The minimum Gasteiger partial charge on any atom is -0.393 e. The maximum Gasteiger partial charge on any atom is 0.270 e. The molecule has 1 atom stereocenters. The van der Waals surface area contributed by atoms with E-state index in [9.17, 15) is 14.9 Å². The Morgan fingerprint density at radius 2 is 2.25 bits per heavy atom. The number of carbonyl (C=O) groups excluding carboxylic acids is 1. The monoisotopic (exact) mass is 278 g/mol. The van der Waals surface area contributed by atoms with Crippen LogP contribution < -0.4 is 0 Å². The Morgan fingerprint density at radius 1 is 1.55 bits per heavy atom. The van der Waals surface area contributed by atoms with E-state index in [0.29, 0.717) is 18.5 Å². The fourth-order valence-electron chi connectivity index (χ4n) is 1.53. The molecule has 0 aliphatic carbocycles. The molecule has 0 radical (unpaired) electrons. The number of nitrogens with zero attached hydrogens (tertiary/aromatic N) is 2. The van der Waals surface area contributed by atoms with Crippen molar-refractivity contribution in [1.82, 2.24) is 4.90 Å². The van der Waals surface area contributed by atoms with E-state index in [0.717, 1.165) is 0 Å². The minimum atomic E-state index is -0.478. The number of hydrogen-bond donors (Lipinski definition) is 1. The highest BCUT2D eigenvalue weighted by Gasteiger charge is 2.07. The van der Waals surface area contributed by atoms with Gasteiger partial charge in [0.15, 0.2) is 0 Å². The molecular formula is C14H18N2O4. The van der Waals surface area contributed by atoms with Crippen LogP contribution in [0.2, 0.25) is 0 Å². The summed E-state index contributed by atoms with van der Waals surface area (Å²) in [4.78, 5) is 23.4. The number of aliphatic hydroxyl groups excluding tert-OH is 1. The lowest BCUT2D eigenvalue weighted by Crippen LogP contribution is -2.27. The van der Waals surface area contributed by atoms with E-state index in [1.807, 2.05) is 0 Å². The molecule has 0 saturated carbocycles. The lowest BCUT2D eigenvalue weighted by Gasteiger charge is -2.15. The molecule has 0 aliphatic rings. The number of non-ortho nitro benzene ring substituents is 1. The Bertz CT molecular complexity index is 512. The molecule has 1 aromatic rings. The van der Waals surface area contributed by atoms with Crippen LogP contribution in [0.25, 0.3) is 6.08 Å². The van der Waals surface area contributed by atoms with Crippen LogP contribution in [0.5, 0.6) is 0 Å². The lowest BCUT2D eigenvalue weighted by atomic mass is 10.2. The number of carbonyl (C=O) groups is 1. The number of hydrogen-bond acceptors (Lipinski definition) is 4. The molecule has 0 spiro atoms. The van der Waals surface area contributed by atoms with Gasteiger partial charge >= 0.3 is 0 Å². The van der Waals surface area contributed by atoms with Crippen LogP contribution in [0.3, 0.4) is 0 Å². The number of aliphatic hydroxyl groups is 1. The molecular weight excluding hydrogens is 260 g/mol. The SMILES string of the molecule is CC(O)CCN(C)C(=O)/C=C/c1cccc([N+](=O)[O-])c1. The van der Waals surface area contributed by atoms with Crippen LogP contribution in [0.1, 0.15) is 18.9 Å². The molecule has 0 bridgehead atoms. The van der Waals surface area contributed by atoms with Crippen LogP contribution in [-0.2, 0) is 4.79 Å². The normalized spacial score (nSPS) is 12.3. The van der Waals surface area contributed by atoms with Crippen molar-refractivity contribution in [3.05, 3.63) is 46.0 Å². The van der Waals surface area contributed by atoms with Crippen LogP contribution in [-0.4, -0.2) is 40.5 Å². The molecule has 0 saturated heterocycles. The van der Waals surface area contributed by atoms with Gasteiger partial charge < -0.3 is 10.0 Å². The summed E-state index contributed by atoms with van der Waals surface area (Å²) in [5, 5.41) is 19.8. The molecule has 1 N–H and O–H groups in total. The summed E-state index contributed by atoms with van der Waals surface area (Å²) < 4.78 is 0. The maximum atomic E-state index is 11.8. The summed E-state index contributed by atoms with van der Waals surface area (Å²) in [5.74, 6) is -0.211. The maximum absolute atomic E-state index is 11.8. The van der Waals surface area contributed by atoms with Crippen LogP contribution in [0, 0.1) is 10.1 Å². The molecule has 0 heterocycles. The van der Waals surface area contributed by atoms with Crippen molar-refractivity contribution >= 4 is 17.7 Å². The Morgan fingerprint density at radius 3 is 2.85 bits per heavy atom. The van der Waals surface area contributed by atoms with Crippen molar-refractivity contribution < 1.29 is 14.8 Å². The van der Waals surface area contributed by atoms with Crippen molar-refractivity contribution in [3.63, 3.8) is 0 Å². The second-order valence-corrected chi connectivity index (χ2v) is 4.58. The van der Waals surface area contributed by atoms with E-state index >= 15 is 0 Å². The first kappa shape index (κ1) is 15.8. The van der Waals surface area contributed by atoms with Gasteiger partial charge in [-0.2, -0.15) is 0 Å². The average molecular weight is 278 g/mol. The second-order valence-electron chi connectivity index (χ2n) is 4.58. The fraction of sp³-hybridized carbons (Fsp3) is 0.357. The van der Waals surface area contributed by atoms with E-state index in [4.69, 9.17) is 5.11 Å². The quantitative estimate of drug-likeness (QED) is 0.489. The van der Waals surface area contributed by atoms with Gasteiger partial charge in [-0.25, -0.2) is 0 Å². The Labute approximate surface area is 117 Å². The Balaban J connectivity index is 2.65. The highest BCUT2D eigenvalue weighted by atomic mass is 16.6. The third-order valence-electron chi connectivity index (χ3n) is 2.76. The molecule has 0 aromatic heterocycles. The van der Waals surface area contributed by atoms with Crippen LogP contribution in [0.4, 0.5) is 5.69 Å². The van der Waals surface area contributed by atoms with Gasteiger partial charge in [-0.15, -0.1) is 0 Å². The zero-order valence-corrected chi connectivity index (χ0v) is 11.5. The van der Waals surface area contributed by atoms with E-state index < -0.39 is 11.0 Å². The van der Waals surface area contributed by atoms with Gasteiger partial charge in [-0.05, 0) is 25.0 Å². The van der Waals surface area contributed by atoms with E-state index in [1.54, 1.807) is 26.1 Å². The van der Waals surface area contributed by atoms with E-state index in [1.165, 1.54) is 29.2 Å². The molecule has 1 rings (SSSR count). The first-order valence-corrected chi connectivity index (χ1v) is 6.26. The highest BCUT2D eigenvalue weighted by Crippen LogP contribution is 2.14. The predicted octanol–water partition coefficient (Wildman–Crippen LogP) is 1.84. The third kappa shape index (κ3) is 5.19. The summed E-state index contributed by atoms with van der Waals surface area (Å²) in [6, 6.07) is 6.06. The molecule has 6 heteroatoms. The number of nitro benzene ring substituents is 1. The van der Waals surface area contributed by atoms with E-state index in [-0.39, 0.29) is 11.6 Å². The second kappa shape index (κ2) is 7.40. The van der Waals surface area contributed by atoms with Gasteiger partial charge in [-0.3, -0.25) is 14.9 Å². The van der Waals surface area contributed by atoms with Gasteiger partial charge in [0.05, 0.1) is 11.0 Å². The number of rotatable bonds is 6. The third-order valence-corrected chi connectivity index (χ3v) is 2.76. The molecule has 0 aliphatic heterocycles. The number of amides is 1. The lowest BCUT2D eigenvalue weighted by molar-refractivity contribution is -0.384. The first-order valence-electron chi connectivity index (χ1n) is 6.26. The first-order chi connectivity index (χ1) is 9.40. The van der Waals surface area contributed by atoms with Crippen molar-refractivity contribution in [2.75, 3.05) is 13.6 Å². The molecule has 20 heavy (non-hydrogen) atoms. The minimum absolute atomic E-state index is 0.0120. The summed E-state index contributed by atoms with van der Waals surface area (Å²) in [6.07, 6.45) is 2.95. The van der Waals surface area contributed by atoms with Crippen LogP contribution >= 0.6 is 0 Å². The molecule has 1 amide bonds. The van der Waals surface area contributed by atoms with Gasteiger partial charge in [-0.1, -0.05) is 12.1 Å². The van der Waals surface area contributed by atoms with Gasteiger partial charge in [0.1, 0.15) is 0 Å². The largest absolute Gasteiger partial charge is 0.393 e. The van der Waals surface area contributed by atoms with Crippen molar-refractivity contribution in [2.45, 2.75) is 19.4 Å². The van der Waals surface area contributed by atoms with Gasteiger partial charge in [0.2, 0.25) is 5.91 Å². The zero-order valence-electron chi connectivity index (χ0n) is 11.5. The van der Waals surface area contributed by atoms with Crippen LogP contribution in [0.15, 0.2) is 30.3 Å². The number of likely N-dealkylation sites (N-methyl/N-ethyl adjacent to an activating group) is 1. The fourth-order valence-corrected chi connectivity index (χ4v) is 1.53. The standard InChI is InChI=1S/C14H18N2O4/c1-11(17)8-9-15(2)14(18)7-6-12-4-3-5-13(10-12)16(19)20/h3-7,10-11,17H,8-9H2,1-2H3/b7-6+. The number of nitro groups is 1.